The highest BCUT2D eigenvalue weighted by molar-refractivity contribution is 7.11. The molecular weight excluding hydrogens is 232 g/mol. The van der Waals surface area contributed by atoms with Crippen LogP contribution in [0.4, 0.5) is 0 Å². The van der Waals surface area contributed by atoms with Crippen LogP contribution in [0.25, 0.3) is 0 Å². The largest absolute Gasteiger partial charge is 0.508 e. The van der Waals surface area contributed by atoms with Crippen molar-refractivity contribution in [1.82, 2.24) is 4.98 Å². The van der Waals surface area contributed by atoms with Gasteiger partial charge in [-0.1, -0.05) is 19.1 Å². The topological polar surface area (TPSA) is 59.1 Å². The van der Waals surface area contributed by atoms with Crippen LogP contribution in [-0.4, -0.2) is 16.6 Å². The van der Waals surface area contributed by atoms with Crippen molar-refractivity contribution < 1.29 is 5.11 Å². The van der Waals surface area contributed by atoms with Gasteiger partial charge in [-0.25, -0.2) is 4.98 Å². The molecule has 3 N–H and O–H groups in total. The molecule has 0 aliphatic carbocycles. The first-order chi connectivity index (χ1) is 8.19. The first-order valence-electron chi connectivity index (χ1n) is 5.61. The van der Waals surface area contributed by atoms with Crippen LogP contribution in [-0.2, 0) is 6.42 Å². The average molecular weight is 248 g/mol. The van der Waals surface area contributed by atoms with Gasteiger partial charge >= 0.3 is 0 Å². The summed E-state index contributed by atoms with van der Waals surface area (Å²) >= 11 is 1.71. The van der Waals surface area contributed by atoms with Crippen molar-refractivity contribution in [1.29, 1.82) is 0 Å². The third kappa shape index (κ3) is 3.05. The minimum absolute atomic E-state index is 0.297. The number of phenolic OH excluding ortho intramolecular Hbond substituents is 1. The lowest BCUT2D eigenvalue weighted by molar-refractivity contribution is 0.475. The summed E-state index contributed by atoms with van der Waals surface area (Å²) in [4.78, 5) is 5.64. The third-order valence-electron chi connectivity index (χ3n) is 2.70. The number of thiazole rings is 1. The zero-order valence-corrected chi connectivity index (χ0v) is 10.6. The van der Waals surface area contributed by atoms with Gasteiger partial charge in [-0.05, 0) is 24.2 Å². The molecule has 0 fully saturated rings. The smallest absolute Gasteiger partial charge is 0.115 e. The predicted molar refractivity (Wildman–Crippen MR) is 70.5 cm³/mol. The summed E-state index contributed by atoms with van der Waals surface area (Å²) in [5.74, 6) is 0.673. The molecule has 1 unspecified atom stereocenters. The van der Waals surface area contributed by atoms with Gasteiger partial charge in [0.15, 0.2) is 0 Å². The van der Waals surface area contributed by atoms with Gasteiger partial charge < -0.3 is 10.8 Å². The third-order valence-corrected chi connectivity index (χ3v) is 3.93. The Kier molecular flexibility index (Phi) is 3.76. The molecule has 0 aliphatic rings. The van der Waals surface area contributed by atoms with Gasteiger partial charge in [0.25, 0.3) is 0 Å². The zero-order valence-electron chi connectivity index (χ0n) is 9.76. The van der Waals surface area contributed by atoms with Crippen molar-refractivity contribution in [2.75, 3.05) is 6.54 Å². The maximum atomic E-state index is 9.20. The Morgan fingerprint density at radius 1 is 1.35 bits per heavy atom. The SMILES string of the molecule is CC(CN)c1cnc(Cc2ccc(O)cc2)s1. The molecule has 0 spiro atoms. The Bertz CT molecular complexity index is 478. The number of aromatic nitrogens is 1. The summed E-state index contributed by atoms with van der Waals surface area (Å²) < 4.78 is 0. The van der Waals surface area contributed by atoms with Crippen molar-refractivity contribution in [2.24, 2.45) is 5.73 Å². The number of aromatic hydroxyl groups is 1. The maximum absolute atomic E-state index is 9.20. The summed E-state index contributed by atoms with van der Waals surface area (Å²) in [5.41, 5.74) is 6.79. The van der Waals surface area contributed by atoms with Gasteiger partial charge in [0.05, 0.1) is 5.01 Å². The molecule has 1 heterocycles. The van der Waals surface area contributed by atoms with Gasteiger partial charge in [0.2, 0.25) is 0 Å². The summed E-state index contributed by atoms with van der Waals surface area (Å²) in [6.45, 7) is 2.76. The molecule has 0 bridgehead atoms. The summed E-state index contributed by atoms with van der Waals surface area (Å²) in [7, 11) is 0. The fourth-order valence-electron chi connectivity index (χ4n) is 1.54. The van der Waals surface area contributed by atoms with Gasteiger partial charge in [-0.15, -0.1) is 11.3 Å². The summed E-state index contributed by atoms with van der Waals surface area (Å²) in [6.07, 6.45) is 2.72. The standard InChI is InChI=1S/C13H16N2OS/c1-9(7-14)12-8-15-13(17-12)6-10-2-4-11(16)5-3-10/h2-5,8-9,16H,6-7,14H2,1H3. The molecule has 4 heteroatoms. The van der Waals surface area contributed by atoms with E-state index in [0.29, 0.717) is 18.2 Å². The average Bonchev–Trinajstić information content (AvgIpc) is 2.80. The van der Waals surface area contributed by atoms with E-state index < -0.39 is 0 Å². The molecule has 3 nitrogen and oxygen atoms in total. The summed E-state index contributed by atoms with van der Waals surface area (Å²) in [5, 5.41) is 10.3. The molecule has 1 atom stereocenters. The Labute approximate surface area is 105 Å². The van der Waals surface area contributed by atoms with E-state index >= 15 is 0 Å². The van der Waals surface area contributed by atoms with Crippen LogP contribution in [0.2, 0.25) is 0 Å². The van der Waals surface area contributed by atoms with Gasteiger partial charge in [0.1, 0.15) is 5.75 Å². The van der Waals surface area contributed by atoms with Gasteiger partial charge in [0, 0.05) is 23.4 Å². The summed E-state index contributed by atoms with van der Waals surface area (Å²) in [6, 6.07) is 7.24. The number of nitrogens with zero attached hydrogens (tertiary/aromatic N) is 1. The zero-order chi connectivity index (χ0) is 12.3. The first kappa shape index (κ1) is 12.1. The minimum Gasteiger partial charge on any atom is -0.508 e. The van der Waals surface area contributed by atoms with Crippen molar-refractivity contribution in [3.8, 4) is 5.75 Å². The molecular formula is C13H16N2OS. The van der Waals surface area contributed by atoms with E-state index in [1.54, 1.807) is 23.5 Å². The number of phenols is 1. The van der Waals surface area contributed by atoms with Crippen LogP contribution in [0.3, 0.4) is 0 Å². The monoisotopic (exact) mass is 248 g/mol. The van der Waals surface area contributed by atoms with Crippen LogP contribution >= 0.6 is 11.3 Å². The Morgan fingerprint density at radius 3 is 2.71 bits per heavy atom. The Hall–Kier alpha value is -1.39. The van der Waals surface area contributed by atoms with Crippen molar-refractivity contribution in [3.63, 3.8) is 0 Å². The second kappa shape index (κ2) is 5.29. The minimum atomic E-state index is 0.297. The Morgan fingerprint density at radius 2 is 2.06 bits per heavy atom. The van der Waals surface area contributed by atoms with Crippen molar-refractivity contribution in [3.05, 3.63) is 45.9 Å². The number of hydrogen-bond donors (Lipinski definition) is 2. The molecule has 0 aliphatic heterocycles. The van der Waals surface area contributed by atoms with Crippen molar-refractivity contribution >= 4 is 11.3 Å². The quantitative estimate of drug-likeness (QED) is 0.874. The maximum Gasteiger partial charge on any atom is 0.115 e. The van der Waals surface area contributed by atoms with Crippen LogP contribution in [0.5, 0.6) is 5.75 Å². The van der Waals surface area contributed by atoms with E-state index in [1.807, 2.05) is 18.3 Å². The van der Waals surface area contributed by atoms with E-state index in [1.165, 1.54) is 4.88 Å². The van der Waals surface area contributed by atoms with E-state index in [0.717, 1.165) is 17.0 Å². The molecule has 1 aromatic carbocycles. The fraction of sp³-hybridized carbons (Fsp3) is 0.308. The lowest BCUT2D eigenvalue weighted by Gasteiger charge is -2.02. The first-order valence-corrected chi connectivity index (χ1v) is 6.43. The lowest BCUT2D eigenvalue weighted by atomic mass is 10.1. The van der Waals surface area contributed by atoms with E-state index in [2.05, 4.69) is 11.9 Å². The molecule has 0 amide bonds. The lowest BCUT2D eigenvalue weighted by Crippen LogP contribution is -2.07. The van der Waals surface area contributed by atoms with E-state index in [-0.39, 0.29) is 0 Å². The Balaban J connectivity index is 2.08. The molecule has 0 radical (unpaired) electrons. The second-order valence-corrected chi connectivity index (χ2v) is 5.28. The van der Waals surface area contributed by atoms with E-state index in [9.17, 15) is 5.11 Å². The molecule has 2 rings (SSSR count). The molecule has 0 saturated carbocycles. The molecule has 17 heavy (non-hydrogen) atoms. The normalized spacial score (nSPS) is 12.6. The number of hydrogen-bond acceptors (Lipinski definition) is 4. The second-order valence-electron chi connectivity index (χ2n) is 4.14. The number of nitrogens with two attached hydrogens (primary N) is 1. The van der Waals surface area contributed by atoms with Gasteiger partial charge in [-0.3, -0.25) is 0 Å². The van der Waals surface area contributed by atoms with Crippen molar-refractivity contribution in [2.45, 2.75) is 19.3 Å². The van der Waals surface area contributed by atoms with Gasteiger partial charge in [-0.2, -0.15) is 0 Å². The fourth-order valence-corrected chi connectivity index (χ4v) is 2.56. The predicted octanol–water partition coefficient (Wildman–Crippen LogP) is 2.50. The van der Waals surface area contributed by atoms with Crippen LogP contribution in [0.1, 0.15) is 28.3 Å². The highest BCUT2D eigenvalue weighted by atomic mass is 32.1. The van der Waals surface area contributed by atoms with Crippen LogP contribution in [0.15, 0.2) is 30.5 Å². The van der Waals surface area contributed by atoms with E-state index in [4.69, 9.17) is 5.73 Å². The molecule has 0 saturated heterocycles. The van der Waals surface area contributed by atoms with Crippen LogP contribution < -0.4 is 5.73 Å². The van der Waals surface area contributed by atoms with Crippen LogP contribution in [0, 0.1) is 0 Å². The highest BCUT2D eigenvalue weighted by Crippen LogP contribution is 2.23. The highest BCUT2D eigenvalue weighted by Gasteiger charge is 2.08. The number of benzene rings is 1. The molecule has 2 aromatic rings. The molecule has 90 valence electrons. The number of rotatable bonds is 4. The molecule has 1 aromatic heterocycles.